The molecule has 0 aliphatic carbocycles. The third kappa shape index (κ3) is 3.08. The summed E-state index contributed by atoms with van der Waals surface area (Å²) in [6.07, 6.45) is -0.424. The number of morpholine rings is 1. The van der Waals surface area contributed by atoms with Crippen LogP contribution in [0.3, 0.4) is 0 Å². The number of aromatic nitrogens is 1. The summed E-state index contributed by atoms with van der Waals surface area (Å²) >= 11 is 0. The molecule has 0 bridgehead atoms. The van der Waals surface area contributed by atoms with Crippen LogP contribution in [0, 0.1) is 6.92 Å². The van der Waals surface area contributed by atoms with Gasteiger partial charge >= 0.3 is 0 Å². The summed E-state index contributed by atoms with van der Waals surface area (Å²) in [5.74, 6) is -0.332. The Morgan fingerprint density at radius 1 is 1.55 bits per heavy atom. The summed E-state index contributed by atoms with van der Waals surface area (Å²) in [7, 11) is 0. The minimum Gasteiger partial charge on any atom is -0.394 e. The van der Waals surface area contributed by atoms with E-state index in [4.69, 9.17) is 4.74 Å². The number of carbonyl (C=O) groups excluding carboxylic acids is 1. The molecule has 1 amide bonds. The highest BCUT2D eigenvalue weighted by Gasteiger charge is 2.36. The van der Waals surface area contributed by atoms with E-state index < -0.39 is 11.7 Å². The Hall–Kier alpha value is -1.66. The lowest BCUT2D eigenvalue weighted by Crippen LogP contribution is -2.56. The number of aliphatic hydroxyl groups is 1. The quantitative estimate of drug-likeness (QED) is 0.816. The number of carbonyl (C=O) groups is 1. The van der Waals surface area contributed by atoms with Gasteiger partial charge in [-0.1, -0.05) is 0 Å². The zero-order valence-corrected chi connectivity index (χ0v) is 12.0. The number of hydrogen-bond donors (Lipinski definition) is 2. The molecule has 2 rings (SSSR count). The molecule has 6 heteroatoms. The zero-order chi connectivity index (χ0) is 14.9. The molecule has 1 atom stereocenters. The number of aliphatic hydroxyl groups excluding tert-OH is 1. The molecule has 1 saturated heterocycles. The molecule has 1 fully saturated rings. The maximum Gasteiger partial charge on any atom is 0.260 e. The van der Waals surface area contributed by atoms with Crippen molar-refractivity contribution in [1.29, 1.82) is 0 Å². The number of aryl methyl sites for hydroxylation is 1. The molecule has 20 heavy (non-hydrogen) atoms. The van der Waals surface area contributed by atoms with Crippen molar-refractivity contribution in [2.75, 3.05) is 19.7 Å². The lowest BCUT2D eigenvalue weighted by Gasteiger charge is -2.42. The molecule has 1 unspecified atom stereocenters. The molecule has 6 nitrogen and oxygen atoms in total. The lowest BCUT2D eigenvalue weighted by molar-refractivity contribution is -0.139. The van der Waals surface area contributed by atoms with Crippen molar-refractivity contribution in [1.82, 2.24) is 9.88 Å². The predicted octanol–water partition coefficient (Wildman–Crippen LogP) is 0.295. The highest BCUT2D eigenvalue weighted by atomic mass is 16.5. The zero-order valence-electron chi connectivity index (χ0n) is 12.0. The summed E-state index contributed by atoms with van der Waals surface area (Å²) in [6, 6.07) is 3.23. The van der Waals surface area contributed by atoms with Crippen molar-refractivity contribution in [3.05, 3.63) is 33.7 Å². The van der Waals surface area contributed by atoms with E-state index >= 15 is 0 Å². The Balaban J connectivity index is 2.26. The summed E-state index contributed by atoms with van der Waals surface area (Å²) < 4.78 is 5.66. The topological polar surface area (TPSA) is 82.6 Å². The van der Waals surface area contributed by atoms with Crippen molar-refractivity contribution in [3.63, 3.8) is 0 Å². The standard InChI is InChI=1S/C14H20N2O4/c1-9-4-5-11(12(18)15-9)13(19)16-6-10(7-17)20-14(2,3)8-16/h4-5,10,17H,6-8H2,1-3H3,(H,15,18). The van der Waals surface area contributed by atoms with Crippen molar-refractivity contribution in [3.8, 4) is 0 Å². The second-order valence-electron chi connectivity index (χ2n) is 5.75. The van der Waals surface area contributed by atoms with Gasteiger partial charge in [-0.05, 0) is 32.9 Å². The first-order valence-electron chi connectivity index (χ1n) is 6.60. The van der Waals surface area contributed by atoms with Crippen molar-refractivity contribution >= 4 is 5.91 Å². The third-order valence-electron chi connectivity index (χ3n) is 3.26. The van der Waals surface area contributed by atoms with Gasteiger partial charge in [0, 0.05) is 18.8 Å². The first-order valence-corrected chi connectivity index (χ1v) is 6.60. The molecular weight excluding hydrogens is 260 g/mol. The van der Waals surface area contributed by atoms with E-state index in [2.05, 4.69) is 4.98 Å². The third-order valence-corrected chi connectivity index (χ3v) is 3.26. The van der Waals surface area contributed by atoms with Gasteiger partial charge in [0.05, 0.1) is 18.3 Å². The number of rotatable bonds is 2. The Morgan fingerprint density at radius 3 is 2.85 bits per heavy atom. The molecule has 2 heterocycles. The van der Waals surface area contributed by atoms with E-state index in [9.17, 15) is 14.7 Å². The molecule has 1 aromatic heterocycles. The Morgan fingerprint density at radius 2 is 2.25 bits per heavy atom. The Kier molecular flexibility index (Phi) is 3.96. The molecule has 110 valence electrons. The number of aromatic amines is 1. The van der Waals surface area contributed by atoms with Crippen LogP contribution in [0.25, 0.3) is 0 Å². The number of amides is 1. The highest BCUT2D eigenvalue weighted by molar-refractivity contribution is 5.94. The van der Waals surface area contributed by atoms with Crippen LogP contribution in [-0.2, 0) is 4.74 Å². The van der Waals surface area contributed by atoms with Gasteiger partial charge in [-0.3, -0.25) is 9.59 Å². The molecule has 1 aliphatic heterocycles. The number of ether oxygens (including phenoxy) is 1. The van der Waals surface area contributed by atoms with Crippen molar-refractivity contribution < 1.29 is 14.6 Å². The van der Waals surface area contributed by atoms with Crippen molar-refractivity contribution in [2.45, 2.75) is 32.5 Å². The number of hydrogen-bond acceptors (Lipinski definition) is 4. The second-order valence-corrected chi connectivity index (χ2v) is 5.75. The fourth-order valence-corrected chi connectivity index (χ4v) is 2.46. The molecule has 0 saturated carbocycles. The maximum atomic E-state index is 12.4. The van der Waals surface area contributed by atoms with Gasteiger partial charge in [0.2, 0.25) is 0 Å². The molecule has 1 aromatic rings. The average Bonchev–Trinajstić information content (AvgIpc) is 2.36. The minimum absolute atomic E-state index is 0.116. The Labute approximate surface area is 117 Å². The average molecular weight is 280 g/mol. The van der Waals surface area contributed by atoms with Crippen LogP contribution >= 0.6 is 0 Å². The summed E-state index contributed by atoms with van der Waals surface area (Å²) in [5, 5.41) is 9.25. The van der Waals surface area contributed by atoms with E-state index in [0.717, 1.165) is 0 Å². The van der Waals surface area contributed by atoms with Crippen LogP contribution in [0.15, 0.2) is 16.9 Å². The first kappa shape index (κ1) is 14.7. The summed E-state index contributed by atoms with van der Waals surface area (Å²) in [4.78, 5) is 28.5. The Bertz CT molecular complexity index is 565. The maximum absolute atomic E-state index is 12.4. The van der Waals surface area contributed by atoms with Gasteiger partial charge in [-0.25, -0.2) is 0 Å². The molecular formula is C14H20N2O4. The fraction of sp³-hybridized carbons (Fsp3) is 0.571. The van der Waals surface area contributed by atoms with Crippen LogP contribution in [0.1, 0.15) is 29.9 Å². The van der Waals surface area contributed by atoms with Crippen LogP contribution in [0.2, 0.25) is 0 Å². The van der Waals surface area contributed by atoms with E-state index in [1.54, 1.807) is 17.9 Å². The highest BCUT2D eigenvalue weighted by Crippen LogP contribution is 2.21. The second kappa shape index (κ2) is 5.38. The smallest absolute Gasteiger partial charge is 0.260 e. The summed E-state index contributed by atoms with van der Waals surface area (Å²) in [6.45, 7) is 5.98. The van der Waals surface area contributed by atoms with Gasteiger partial charge in [-0.2, -0.15) is 0 Å². The number of H-pyrrole nitrogens is 1. The van der Waals surface area contributed by atoms with Gasteiger partial charge in [0.1, 0.15) is 5.56 Å². The normalized spacial score (nSPS) is 21.8. The largest absolute Gasteiger partial charge is 0.394 e. The van der Waals surface area contributed by atoms with Crippen molar-refractivity contribution in [2.24, 2.45) is 0 Å². The number of pyridine rings is 1. The van der Waals surface area contributed by atoms with E-state index in [-0.39, 0.29) is 30.2 Å². The lowest BCUT2D eigenvalue weighted by atomic mass is 10.0. The SMILES string of the molecule is Cc1ccc(C(=O)N2CC(CO)OC(C)(C)C2)c(=O)[nH]1. The van der Waals surface area contributed by atoms with Gasteiger partial charge in [0.15, 0.2) is 0 Å². The van der Waals surface area contributed by atoms with E-state index in [1.165, 1.54) is 6.07 Å². The van der Waals surface area contributed by atoms with Crippen LogP contribution in [0.5, 0.6) is 0 Å². The molecule has 0 spiro atoms. The van der Waals surface area contributed by atoms with Crippen LogP contribution < -0.4 is 5.56 Å². The van der Waals surface area contributed by atoms with Gasteiger partial charge in [0.25, 0.3) is 11.5 Å². The first-order chi connectivity index (χ1) is 9.32. The molecule has 1 aliphatic rings. The van der Waals surface area contributed by atoms with E-state index in [1.807, 2.05) is 13.8 Å². The number of nitrogens with zero attached hydrogens (tertiary/aromatic N) is 1. The van der Waals surface area contributed by atoms with Gasteiger partial charge in [-0.15, -0.1) is 0 Å². The number of nitrogens with one attached hydrogen (secondary N) is 1. The fourth-order valence-electron chi connectivity index (χ4n) is 2.46. The van der Waals surface area contributed by atoms with Gasteiger partial charge < -0.3 is 19.7 Å². The monoisotopic (exact) mass is 280 g/mol. The summed E-state index contributed by atoms with van der Waals surface area (Å²) in [5.41, 5.74) is -0.106. The predicted molar refractivity (Wildman–Crippen MR) is 73.7 cm³/mol. The molecule has 0 aromatic carbocycles. The molecule has 2 N–H and O–H groups in total. The van der Waals surface area contributed by atoms with Crippen LogP contribution in [0.4, 0.5) is 0 Å². The minimum atomic E-state index is -0.543. The van der Waals surface area contributed by atoms with Crippen LogP contribution in [-0.4, -0.2) is 52.3 Å². The molecule has 0 radical (unpaired) electrons. The van der Waals surface area contributed by atoms with E-state index in [0.29, 0.717) is 12.2 Å².